The largest absolute Gasteiger partial charge is 0.344 e. The van der Waals surface area contributed by atoms with Crippen LogP contribution in [-0.4, -0.2) is 22.0 Å². The molecule has 0 aliphatic heterocycles. The molecular weight excluding hydrogens is 310 g/mol. The molecule has 0 aliphatic rings. The zero-order valence-electron chi connectivity index (χ0n) is 12.3. The quantitative estimate of drug-likeness (QED) is 0.753. The van der Waals surface area contributed by atoms with Gasteiger partial charge in [-0.3, -0.25) is 4.79 Å². The highest BCUT2D eigenvalue weighted by atomic mass is 35.5. The summed E-state index contributed by atoms with van der Waals surface area (Å²) in [5.74, 6) is 5.77. The number of fused-ring (bicyclic) bond motifs is 1. The SMILES string of the molecule is O=C(Cn1cnc2ccccc21)NCC#Cc1cccc(Cl)c1. The average molecular weight is 324 g/mol. The standard InChI is InChI=1S/C18H14ClN3O/c19-15-7-3-5-14(11-15)6-4-10-20-18(23)12-22-13-21-16-8-1-2-9-17(16)22/h1-3,5,7-9,11,13H,10,12H2,(H,20,23). The molecule has 1 amide bonds. The Morgan fingerprint density at radius 3 is 2.96 bits per heavy atom. The molecule has 0 atom stereocenters. The van der Waals surface area contributed by atoms with E-state index in [1.165, 1.54) is 0 Å². The van der Waals surface area contributed by atoms with E-state index in [1.54, 1.807) is 18.5 Å². The summed E-state index contributed by atoms with van der Waals surface area (Å²) in [7, 11) is 0. The van der Waals surface area contributed by atoms with Crippen LogP contribution in [0.2, 0.25) is 5.02 Å². The van der Waals surface area contributed by atoms with E-state index < -0.39 is 0 Å². The number of carbonyl (C=O) groups excluding carboxylic acids is 1. The number of nitrogens with zero attached hydrogens (tertiary/aromatic N) is 2. The number of carbonyl (C=O) groups is 1. The van der Waals surface area contributed by atoms with Gasteiger partial charge in [0.25, 0.3) is 0 Å². The smallest absolute Gasteiger partial charge is 0.240 e. The Labute approximate surface area is 139 Å². The molecule has 1 heterocycles. The number of para-hydroxylation sites is 2. The van der Waals surface area contributed by atoms with E-state index in [2.05, 4.69) is 22.1 Å². The van der Waals surface area contributed by atoms with Crippen molar-refractivity contribution in [3.63, 3.8) is 0 Å². The first-order chi connectivity index (χ1) is 11.2. The molecule has 23 heavy (non-hydrogen) atoms. The van der Waals surface area contributed by atoms with E-state index in [0.717, 1.165) is 16.6 Å². The van der Waals surface area contributed by atoms with Crippen molar-refractivity contribution in [1.82, 2.24) is 14.9 Å². The molecule has 3 aromatic rings. The summed E-state index contributed by atoms with van der Waals surface area (Å²) >= 11 is 5.89. The van der Waals surface area contributed by atoms with Crippen molar-refractivity contribution in [3.8, 4) is 11.8 Å². The second-order valence-corrected chi connectivity index (χ2v) is 5.39. The fraction of sp³-hybridized carbons (Fsp3) is 0.111. The first-order valence-electron chi connectivity index (χ1n) is 7.13. The van der Waals surface area contributed by atoms with Crippen LogP contribution in [0.5, 0.6) is 0 Å². The fourth-order valence-electron chi connectivity index (χ4n) is 2.20. The molecule has 0 aliphatic carbocycles. The molecule has 114 valence electrons. The van der Waals surface area contributed by atoms with Crippen LogP contribution in [0.1, 0.15) is 5.56 Å². The minimum atomic E-state index is -0.103. The molecule has 0 unspecified atom stereocenters. The molecule has 0 fully saturated rings. The van der Waals surface area contributed by atoms with Crippen molar-refractivity contribution in [2.24, 2.45) is 0 Å². The summed E-state index contributed by atoms with van der Waals surface area (Å²) in [4.78, 5) is 16.2. The second-order valence-electron chi connectivity index (χ2n) is 4.95. The minimum absolute atomic E-state index is 0.103. The Morgan fingerprint density at radius 1 is 1.22 bits per heavy atom. The van der Waals surface area contributed by atoms with Gasteiger partial charge in [-0.1, -0.05) is 41.6 Å². The van der Waals surface area contributed by atoms with Gasteiger partial charge in [0, 0.05) is 10.6 Å². The van der Waals surface area contributed by atoms with Crippen molar-refractivity contribution in [1.29, 1.82) is 0 Å². The number of nitrogens with one attached hydrogen (secondary N) is 1. The Kier molecular flexibility index (Phi) is 4.60. The van der Waals surface area contributed by atoms with Crippen molar-refractivity contribution in [2.45, 2.75) is 6.54 Å². The zero-order chi connectivity index (χ0) is 16.1. The lowest BCUT2D eigenvalue weighted by Crippen LogP contribution is -2.27. The van der Waals surface area contributed by atoms with Crippen molar-refractivity contribution < 1.29 is 4.79 Å². The highest BCUT2D eigenvalue weighted by molar-refractivity contribution is 6.30. The van der Waals surface area contributed by atoms with Gasteiger partial charge in [-0.15, -0.1) is 0 Å². The summed E-state index contributed by atoms with van der Waals surface area (Å²) < 4.78 is 1.81. The maximum absolute atomic E-state index is 12.0. The first kappa shape index (κ1) is 15.1. The first-order valence-corrected chi connectivity index (χ1v) is 7.51. The molecule has 0 radical (unpaired) electrons. The highest BCUT2D eigenvalue weighted by Crippen LogP contribution is 2.11. The van der Waals surface area contributed by atoms with E-state index in [0.29, 0.717) is 5.02 Å². The Balaban J connectivity index is 1.56. The number of hydrogen-bond acceptors (Lipinski definition) is 2. The van der Waals surface area contributed by atoms with Gasteiger partial charge in [-0.25, -0.2) is 4.98 Å². The third-order valence-electron chi connectivity index (χ3n) is 3.27. The van der Waals surface area contributed by atoms with E-state index >= 15 is 0 Å². The third kappa shape index (κ3) is 3.91. The molecule has 1 N–H and O–H groups in total. The monoisotopic (exact) mass is 323 g/mol. The van der Waals surface area contributed by atoms with Crippen LogP contribution in [0.15, 0.2) is 54.9 Å². The summed E-state index contributed by atoms with van der Waals surface area (Å²) in [6.45, 7) is 0.511. The Hall–Kier alpha value is -2.77. The third-order valence-corrected chi connectivity index (χ3v) is 3.51. The number of benzene rings is 2. The lowest BCUT2D eigenvalue weighted by molar-refractivity contribution is -0.121. The van der Waals surface area contributed by atoms with Crippen LogP contribution < -0.4 is 5.32 Å². The topological polar surface area (TPSA) is 46.9 Å². The van der Waals surface area contributed by atoms with Crippen molar-refractivity contribution in [3.05, 3.63) is 65.4 Å². The van der Waals surface area contributed by atoms with Crippen LogP contribution in [0.4, 0.5) is 0 Å². The molecule has 0 saturated carbocycles. The second kappa shape index (κ2) is 6.99. The van der Waals surface area contributed by atoms with E-state index in [1.807, 2.05) is 41.0 Å². The van der Waals surface area contributed by atoms with Crippen LogP contribution in [0.25, 0.3) is 11.0 Å². The van der Waals surface area contributed by atoms with Gasteiger partial charge < -0.3 is 9.88 Å². The molecule has 0 spiro atoms. The highest BCUT2D eigenvalue weighted by Gasteiger charge is 2.05. The Morgan fingerprint density at radius 2 is 2.09 bits per heavy atom. The van der Waals surface area contributed by atoms with Gasteiger partial charge >= 0.3 is 0 Å². The fourth-order valence-corrected chi connectivity index (χ4v) is 2.39. The predicted molar refractivity (Wildman–Crippen MR) is 91.1 cm³/mol. The van der Waals surface area contributed by atoms with Crippen LogP contribution in [-0.2, 0) is 11.3 Å². The van der Waals surface area contributed by atoms with Gasteiger partial charge in [0.15, 0.2) is 0 Å². The maximum Gasteiger partial charge on any atom is 0.240 e. The summed E-state index contributed by atoms with van der Waals surface area (Å²) in [5.41, 5.74) is 2.64. The van der Waals surface area contributed by atoms with Gasteiger partial charge in [-0.2, -0.15) is 0 Å². The number of imidazole rings is 1. The summed E-state index contributed by atoms with van der Waals surface area (Å²) in [6, 6.07) is 15.0. The molecule has 0 saturated heterocycles. The molecule has 3 rings (SSSR count). The molecule has 5 heteroatoms. The molecular formula is C18H14ClN3O. The van der Waals surface area contributed by atoms with Crippen LogP contribution in [0.3, 0.4) is 0 Å². The minimum Gasteiger partial charge on any atom is -0.344 e. The zero-order valence-corrected chi connectivity index (χ0v) is 13.0. The number of rotatable bonds is 3. The van der Waals surface area contributed by atoms with Gasteiger partial charge in [0.2, 0.25) is 5.91 Å². The lowest BCUT2D eigenvalue weighted by atomic mass is 10.2. The average Bonchev–Trinajstić information content (AvgIpc) is 2.95. The number of amides is 1. The van der Waals surface area contributed by atoms with Gasteiger partial charge in [-0.05, 0) is 30.3 Å². The number of halogens is 1. The van der Waals surface area contributed by atoms with E-state index in [9.17, 15) is 4.79 Å². The molecule has 4 nitrogen and oxygen atoms in total. The normalized spacial score (nSPS) is 10.1. The van der Waals surface area contributed by atoms with Crippen molar-refractivity contribution >= 4 is 28.5 Å². The number of hydrogen-bond donors (Lipinski definition) is 1. The van der Waals surface area contributed by atoms with Gasteiger partial charge in [0.05, 0.1) is 23.9 Å². The van der Waals surface area contributed by atoms with E-state index in [4.69, 9.17) is 11.6 Å². The number of aromatic nitrogens is 2. The molecule has 1 aromatic heterocycles. The molecule has 2 aromatic carbocycles. The summed E-state index contributed by atoms with van der Waals surface area (Å²) in [6.07, 6.45) is 1.67. The van der Waals surface area contributed by atoms with Crippen molar-refractivity contribution in [2.75, 3.05) is 6.54 Å². The van der Waals surface area contributed by atoms with E-state index in [-0.39, 0.29) is 19.0 Å². The Bertz CT molecular complexity index is 905. The lowest BCUT2D eigenvalue weighted by Gasteiger charge is -2.03. The maximum atomic E-state index is 12.0. The predicted octanol–water partition coefficient (Wildman–Crippen LogP) is 2.86. The summed E-state index contributed by atoms with van der Waals surface area (Å²) in [5, 5.41) is 3.42. The van der Waals surface area contributed by atoms with Crippen LogP contribution >= 0.6 is 11.6 Å². The van der Waals surface area contributed by atoms with Gasteiger partial charge in [0.1, 0.15) is 6.54 Å². The van der Waals surface area contributed by atoms with Crippen LogP contribution in [0, 0.1) is 11.8 Å². The molecule has 0 bridgehead atoms.